The van der Waals surface area contributed by atoms with Gasteiger partial charge in [0.2, 0.25) is 5.91 Å². The molecular weight excluding hydrogens is 257 g/mol. The Kier molecular flexibility index (Phi) is 4.95. The summed E-state index contributed by atoms with van der Waals surface area (Å²) in [6.07, 6.45) is 3.11. The highest BCUT2D eigenvalue weighted by atomic mass is 19.1. The van der Waals surface area contributed by atoms with Crippen LogP contribution in [-0.4, -0.2) is 31.6 Å². The lowest BCUT2D eigenvalue weighted by Crippen LogP contribution is -2.46. The molecule has 110 valence electrons. The average molecular weight is 279 g/mol. The van der Waals surface area contributed by atoms with Crippen LogP contribution in [0.5, 0.6) is 0 Å². The van der Waals surface area contributed by atoms with Crippen LogP contribution in [0.1, 0.15) is 36.5 Å². The fraction of sp³-hybridized carbons (Fsp3) is 0.533. The first kappa shape index (κ1) is 14.8. The minimum absolute atomic E-state index is 0.212. The van der Waals surface area contributed by atoms with Crippen molar-refractivity contribution in [3.05, 3.63) is 29.6 Å². The van der Waals surface area contributed by atoms with Crippen LogP contribution in [0.2, 0.25) is 0 Å². The number of nitrogens with two attached hydrogens (primary N) is 1. The Morgan fingerprint density at radius 1 is 1.55 bits per heavy atom. The van der Waals surface area contributed by atoms with Gasteiger partial charge in [0.05, 0.1) is 5.69 Å². The van der Waals surface area contributed by atoms with Gasteiger partial charge in [-0.05, 0) is 44.0 Å². The number of primary amides is 1. The molecule has 3 N–H and O–H groups in total. The molecule has 0 saturated carbocycles. The van der Waals surface area contributed by atoms with Crippen molar-refractivity contribution in [3.63, 3.8) is 0 Å². The minimum atomic E-state index is -0.600. The van der Waals surface area contributed by atoms with Crippen LogP contribution < -0.4 is 16.0 Å². The van der Waals surface area contributed by atoms with E-state index < -0.39 is 5.91 Å². The molecule has 0 aliphatic carbocycles. The third-order valence-corrected chi connectivity index (χ3v) is 3.72. The van der Waals surface area contributed by atoms with Gasteiger partial charge in [-0.25, -0.2) is 4.39 Å². The van der Waals surface area contributed by atoms with Gasteiger partial charge in [-0.2, -0.15) is 0 Å². The molecule has 0 radical (unpaired) electrons. The number of nitrogens with zero attached hydrogens (tertiary/aromatic N) is 1. The Morgan fingerprint density at radius 2 is 2.35 bits per heavy atom. The van der Waals surface area contributed by atoms with Gasteiger partial charge in [-0.15, -0.1) is 0 Å². The molecule has 20 heavy (non-hydrogen) atoms. The van der Waals surface area contributed by atoms with Crippen molar-refractivity contribution in [1.82, 2.24) is 5.32 Å². The molecule has 1 saturated heterocycles. The van der Waals surface area contributed by atoms with Crippen LogP contribution in [0.4, 0.5) is 10.1 Å². The van der Waals surface area contributed by atoms with Crippen molar-refractivity contribution in [3.8, 4) is 0 Å². The van der Waals surface area contributed by atoms with Crippen LogP contribution in [0.3, 0.4) is 0 Å². The molecule has 1 aliphatic heterocycles. The Balaban J connectivity index is 2.26. The molecule has 1 aromatic rings. The third kappa shape index (κ3) is 3.28. The van der Waals surface area contributed by atoms with Crippen molar-refractivity contribution in [2.24, 2.45) is 5.73 Å². The number of carbonyl (C=O) groups is 1. The molecule has 0 spiro atoms. The molecule has 0 aromatic heterocycles. The zero-order valence-corrected chi connectivity index (χ0v) is 11.9. The molecule has 1 fully saturated rings. The third-order valence-electron chi connectivity index (χ3n) is 3.72. The number of benzene rings is 1. The van der Waals surface area contributed by atoms with Gasteiger partial charge >= 0.3 is 0 Å². The molecule has 5 heteroatoms. The van der Waals surface area contributed by atoms with Gasteiger partial charge < -0.3 is 16.0 Å². The number of amides is 1. The number of hydrogen-bond donors (Lipinski definition) is 2. The quantitative estimate of drug-likeness (QED) is 0.865. The van der Waals surface area contributed by atoms with E-state index in [-0.39, 0.29) is 11.4 Å². The first-order valence-electron chi connectivity index (χ1n) is 7.20. The molecule has 1 aromatic carbocycles. The van der Waals surface area contributed by atoms with E-state index >= 15 is 0 Å². The number of anilines is 1. The van der Waals surface area contributed by atoms with Crippen LogP contribution in [0, 0.1) is 5.82 Å². The van der Waals surface area contributed by atoms with Crippen LogP contribution in [0.25, 0.3) is 0 Å². The summed E-state index contributed by atoms with van der Waals surface area (Å²) in [5, 5.41) is 3.35. The van der Waals surface area contributed by atoms with Crippen LogP contribution >= 0.6 is 0 Å². The molecule has 4 nitrogen and oxygen atoms in total. The fourth-order valence-corrected chi connectivity index (χ4v) is 2.73. The summed E-state index contributed by atoms with van der Waals surface area (Å²) in [6, 6.07) is 4.80. The highest BCUT2D eigenvalue weighted by Gasteiger charge is 2.23. The van der Waals surface area contributed by atoms with E-state index in [0.29, 0.717) is 11.7 Å². The normalized spacial score (nSPS) is 18.8. The van der Waals surface area contributed by atoms with Gasteiger partial charge in [0, 0.05) is 24.7 Å². The number of nitrogens with one attached hydrogen (secondary N) is 1. The van der Waals surface area contributed by atoms with Gasteiger partial charge in [0.15, 0.2) is 0 Å². The summed E-state index contributed by atoms with van der Waals surface area (Å²) >= 11 is 0. The maximum Gasteiger partial charge on any atom is 0.248 e. The summed E-state index contributed by atoms with van der Waals surface area (Å²) in [6.45, 7) is 4.79. The molecular formula is C15H22FN3O. The Labute approximate surface area is 119 Å². The molecule has 1 aliphatic rings. The number of rotatable bonds is 5. The van der Waals surface area contributed by atoms with Crippen LogP contribution in [0.15, 0.2) is 18.2 Å². The SMILES string of the molecule is CCCN(c1ccc(C(N)=O)cc1F)C1CCCNC1. The monoisotopic (exact) mass is 279 g/mol. The van der Waals surface area contributed by atoms with Gasteiger partial charge in [0.25, 0.3) is 0 Å². The van der Waals surface area contributed by atoms with Crippen molar-refractivity contribution < 1.29 is 9.18 Å². The zero-order valence-electron chi connectivity index (χ0n) is 11.9. The topological polar surface area (TPSA) is 58.4 Å². The van der Waals surface area contributed by atoms with Gasteiger partial charge in [0.1, 0.15) is 5.82 Å². The summed E-state index contributed by atoms with van der Waals surface area (Å²) in [7, 11) is 0. The predicted molar refractivity (Wildman–Crippen MR) is 78.4 cm³/mol. The second kappa shape index (κ2) is 6.70. The predicted octanol–water partition coefficient (Wildman–Crippen LogP) is 1.89. The maximum atomic E-state index is 14.3. The van der Waals surface area contributed by atoms with Crippen molar-refractivity contribution in [2.45, 2.75) is 32.2 Å². The number of hydrogen-bond acceptors (Lipinski definition) is 3. The molecule has 0 bridgehead atoms. The highest BCUT2D eigenvalue weighted by molar-refractivity contribution is 5.93. The molecule has 1 amide bonds. The van der Waals surface area contributed by atoms with Crippen molar-refractivity contribution in [2.75, 3.05) is 24.5 Å². The summed E-state index contributed by atoms with van der Waals surface area (Å²) < 4.78 is 14.3. The number of carbonyl (C=O) groups excluding carboxylic acids is 1. The Morgan fingerprint density at radius 3 is 2.90 bits per heavy atom. The average Bonchev–Trinajstić information content (AvgIpc) is 2.46. The zero-order chi connectivity index (χ0) is 14.5. The van der Waals surface area contributed by atoms with E-state index in [1.54, 1.807) is 12.1 Å². The first-order valence-corrected chi connectivity index (χ1v) is 7.20. The largest absolute Gasteiger partial charge is 0.366 e. The number of piperidine rings is 1. The van der Waals surface area contributed by atoms with E-state index in [1.807, 2.05) is 0 Å². The summed E-state index contributed by atoms with van der Waals surface area (Å²) in [5.41, 5.74) is 5.95. The van der Waals surface area contributed by atoms with E-state index in [2.05, 4.69) is 17.1 Å². The summed E-state index contributed by atoms with van der Waals surface area (Å²) in [5.74, 6) is -0.975. The van der Waals surface area contributed by atoms with Gasteiger partial charge in [-0.3, -0.25) is 4.79 Å². The fourth-order valence-electron chi connectivity index (χ4n) is 2.73. The second-order valence-electron chi connectivity index (χ2n) is 5.22. The van der Waals surface area contributed by atoms with E-state index in [0.717, 1.165) is 38.9 Å². The molecule has 1 unspecified atom stereocenters. The first-order chi connectivity index (χ1) is 9.63. The van der Waals surface area contributed by atoms with Crippen LogP contribution in [-0.2, 0) is 0 Å². The van der Waals surface area contributed by atoms with E-state index in [4.69, 9.17) is 5.73 Å². The van der Waals surface area contributed by atoms with E-state index in [9.17, 15) is 9.18 Å². The van der Waals surface area contributed by atoms with E-state index in [1.165, 1.54) is 6.07 Å². The Bertz CT molecular complexity index is 472. The Hall–Kier alpha value is -1.62. The lowest BCUT2D eigenvalue weighted by molar-refractivity contribution is 0.1000. The second-order valence-corrected chi connectivity index (χ2v) is 5.22. The lowest BCUT2D eigenvalue weighted by Gasteiger charge is -2.36. The summed E-state index contributed by atoms with van der Waals surface area (Å²) in [4.78, 5) is 13.2. The standard InChI is InChI=1S/C15H22FN3O/c1-2-8-19(12-4-3-7-18-10-12)14-6-5-11(15(17)20)9-13(14)16/h5-6,9,12,18H,2-4,7-8,10H2,1H3,(H2,17,20). The number of halogens is 1. The molecule has 1 atom stereocenters. The smallest absolute Gasteiger partial charge is 0.248 e. The van der Waals surface area contributed by atoms with Crippen molar-refractivity contribution in [1.29, 1.82) is 0 Å². The molecule has 2 rings (SSSR count). The maximum absolute atomic E-state index is 14.3. The highest BCUT2D eigenvalue weighted by Crippen LogP contribution is 2.25. The molecule has 1 heterocycles. The van der Waals surface area contributed by atoms with Crippen molar-refractivity contribution >= 4 is 11.6 Å². The lowest BCUT2D eigenvalue weighted by atomic mass is 10.0. The van der Waals surface area contributed by atoms with Gasteiger partial charge in [-0.1, -0.05) is 6.92 Å². The minimum Gasteiger partial charge on any atom is -0.366 e.